The second-order valence-electron chi connectivity index (χ2n) is 9.24. The zero-order valence-electron chi connectivity index (χ0n) is 19.2. The van der Waals surface area contributed by atoms with Gasteiger partial charge in [-0.2, -0.15) is 0 Å². The second-order valence-corrected chi connectivity index (χ2v) is 9.24. The summed E-state index contributed by atoms with van der Waals surface area (Å²) in [6.07, 6.45) is 0.873. The molecule has 0 aliphatic heterocycles. The summed E-state index contributed by atoms with van der Waals surface area (Å²) in [6, 6.07) is 42.1. The molecule has 0 fully saturated rings. The third-order valence-corrected chi connectivity index (χ3v) is 7.29. The minimum atomic E-state index is 0.160. The van der Waals surface area contributed by atoms with Gasteiger partial charge in [-0.1, -0.05) is 121 Å². The first-order valence-corrected chi connectivity index (χ1v) is 12.0. The normalized spacial score (nSPS) is 12.5. The van der Waals surface area contributed by atoms with Gasteiger partial charge in [0.1, 0.15) is 0 Å². The van der Waals surface area contributed by atoms with Crippen LogP contribution in [0.2, 0.25) is 0 Å². The van der Waals surface area contributed by atoms with Crippen molar-refractivity contribution in [3.63, 3.8) is 0 Å². The zero-order valence-corrected chi connectivity index (χ0v) is 19.2. The van der Waals surface area contributed by atoms with E-state index in [2.05, 4.69) is 72.8 Å². The summed E-state index contributed by atoms with van der Waals surface area (Å²) >= 11 is 0. The van der Waals surface area contributed by atoms with Crippen LogP contribution >= 0.6 is 0 Å². The van der Waals surface area contributed by atoms with Gasteiger partial charge in [-0.3, -0.25) is 4.79 Å². The Labute approximate surface area is 203 Å². The summed E-state index contributed by atoms with van der Waals surface area (Å²) in [5.41, 5.74) is 4.00. The molecule has 1 aliphatic carbocycles. The van der Waals surface area contributed by atoms with Gasteiger partial charge in [0, 0.05) is 11.1 Å². The van der Waals surface area contributed by atoms with E-state index < -0.39 is 0 Å². The number of fused-ring (bicyclic) bond motifs is 4. The Balaban J connectivity index is 0.000000126. The van der Waals surface area contributed by atoms with Crippen LogP contribution in [-0.4, -0.2) is 5.78 Å². The Kier molecular flexibility index (Phi) is 4.43. The van der Waals surface area contributed by atoms with Crippen molar-refractivity contribution in [3.8, 4) is 0 Å². The molecule has 0 saturated carbocycles. The number of rotatable bonds is 0. The van der Waals surface area contributed by atoms with Crippen LogP contribution < -0.4 is 0 Å². The summed E-state index contributed by atoms with van der Waals surface area (Å²) in [5.74, 6) is 0.160. The highest BCUT2D eigenvalue weighted by atomic mass is 16.1. The predicted molar refractivity (Wildman–Crippen MR) is 147 cm³/mol. The van der Waals surface area contributed by atoms with Gasteiger partial charge in [0.25, 0.3) is 0 Å². The standard InChI is InChI=1S/C20H12.C14H10O/c1-5-13-6-2-11-17-18-12-4-8-14-7-3-10-16(20(14)18)15(9-1)19(13)17;15-14-12-7-3-1-5-10(12)9-11-6-2-4-8-13(11)14/h1-12H;1-8H,9H2. The van der Waals surface area contributed by atoms with Crippen LogP contribution in [0.15, 0.2) is 121 Å². The van der Waals surface area contributed by atoms with E-state index in [1.54, 1.807) is 0 Å². The average molecular weight is 447 g/mol. The van der Waals surface area contributed by atoms with Crippen molar-refractivity contribution < 1.29 is 4.79 Å². The fourth-order valence-electron chi connectivity index (χ4n) is 5.72. The molecular weight excluding hydrogens is 424 g/mol. The maximum absolute atomic E-state index is 12.1. The molecular formula is C34H22O. The SMILES string of the molecule is O=C1c2ccccc2Cc2ccccc21.c1cc2cccc3c4cccc5cccc(c(c1)c23)c54. The van der Waals surface area contributed by atoms with Crippen LogP contribution in [0.25, 0.3) is 43.1 Å². The van der Waals surface area contributed by atoms with Crippen LogP contribution in [0.5, 0.6) is 0 Å². The van der Waals surface area contributed by atoms with E-state index in [0.717, 1.165) is 28.7 Å². The summed E-state index contributed by atoms with van der Waals surface area (Å²) in [5, 5.41) is 10.9. The first-order chi connectivity index (χ1) is 17.3. The van der Waals surface area contributed by atoms with Crippen molar-refractivity contribution in [3.05, 3.63) is 144 Å². The van der Waals surface area contributed by atoms with E-state index >= 15 is 0 Å². The molecule has 7 aromatic carbocycles. The molecule has 7 aromatic rings. The molecule has 0 unspecified atom stereocenters. The Morgan fingerprint density at radius 3 is 1.17 bits per heavy atom. The average Bonchev–Trinajstić information content (AvgIpc) is 2.92. The fraction of sp³-hybridized carbons (Fsp3) is 0.0294. The van der Waals surface area contributed by atoms with Crippen LogP contribution in [0.3, 0.4) is 0 Å². The van der Waals surface area contributed by atoms with E-state index in [-0.39, 0.29) is 5.78 Å². The van der Waals surface area contributed by atoms with Gasteiger partial charge in [-0.15, -0.1) is 0 Å². The van der Waals surface area contributed by atoms with Crippen LogP contribution in [-0.2, 0) is 6.42 Å². The lowest BCUT2D eigenvalue weighted by atomic mass is 9.85. The Morgan fingerprint density at radius 1 is 0.400 bits per heavy atom. The van der Waals surface area contributed by atoms with Gasteiger partial charge in [-0.25, -0.2) is 0 Å². The maximum atomic E-state index is 12.1. The molecule has 1 heteroatoms. The number of carbonyl (C=O) groups is 1. The van der Waals surface area contributed by atoms with Gasteiger partial charge >= 0.3 is 0 Å². The minimum Gasteiger partial charge on any atom is -0.289 e. The molecule has 0 atom stereocenters. The number of ketones is 1. The lowest BCUT2D eigenvalue weighted by Crippen LogP contribution is -2.14. The smallest absolute Gasteiger partial charge is 0.193 e. The topological polar surface area (TPSA) is 17.1 Å². The Morgan fingerprint density at radius 2 is 0.771 bits per heavy atom. The molecule has 164 valence electrons. The van der Waals surface area contributed by atoms with Crippen molar-refractivity contribution in [2.75, 3.05) is 0 Å². The first-order valence-electron chi connectivity index (χ1n) is 12.0. The molecule has 0 spiro atoms. The molecule has 0 radical (unpaired) electrons. The van der Waals surface area contributed by atoms with Gasteiger partial charge < -0.3 is 0 Å². The summed E-state index contributed by atoms with van der Waals surface area (Å²) < 4.78 is 0. The van der Waals surface area contributed by atoms with Gasteiger partial charge in [0.15, 0.2) is 5.78 Å². The number of carbonyl (C=O) groups excluding carboxylic acids is 1. The highest BCUT2D eigenvalue weighted by Gasteiger charge is 2.21. The second kappa shape index (κ2) is 7.78. The summed E-state index contributed by atoms with van der Waals surface area (Å²) in [4.78, 5) is 12.1. The highest BCUT2D eigenvalue weighted by molar-refractivity contribution is 6.32. The molecule has 0 bridgehead atoms. The molecule has 35 heavy (non-hydrogen) atoms. The fourth-order valence-corrected chi connectivity index (χ4v) is 5.72. The van der Waals surface area contributed by atoms with E-state index in [9.17, 15) is 4.79 Å². The summed E-state index contributed by atoms with van der Waals surface area (Å²) in [7, 11) is 0. The highest BCUT2D eigenvalue weighted by Crippen LogP contribution is 2.39. The van der Waals surface area contributed by atoms with E-state index in [1.807, 2.05) is 48.5 Å². The molecule has 0 N–H and O–H groups in total. The number of benzene rings is 7. The molecule has 1 nitrogen and oxygen atoms in total. The monoisotopic (exact) mass is 446 g/mol. The number of hydrogen-bond acceptors (Lipinski definition) is 1. The van der Waals surface area contributed by atoms with Crippen LogP contribution in [0, 0.1) is 0 Å². The first kappa shape index (κ1) is 19.9. The molecule has 0 amide bonds. The lowest BCUT2D eigenvalue weighted by molar-refractivity contribution is 0.103. The molecule has 0 saturated heterocycles. The number of hydrogen-bond donors (Lipinski definition) is 0. The molecule has 0 heterocycles. The Hall–Kier alpha value is -4.49. The van der Waals surface area contributed by atoms with Crippen molar-refractivity contribution in [1.29, 1.82) is 0 Å². The zero-order chi connectivity index (χ0) is 23.4. The van der Waals surface area contributed by atoms with E-state index in [1.165, 1.54) is 43.1 Å². The minimum absolute atomic E-state index is 0.160. The Bertz CT molecular complexity index is 1680. The largest absolute Gasteiger partial charge is 0.289 e. The molecule has 8 rings (SSSR count). The van der Waals surface area contributed by atoms with E-state index in [4.69, 9.17) is 0 Å². The van der Waals surface area contributed by atoms with Crippen molar-refractivity contribution in [2.24, 2.45) is 0 Å². The third-order valence-electron chi connectivity index (χ3n) is 7.29. The van der Waals surface area contributed by atoms with Crippen molar-refractivity contribution >= 4 is 48.9 Å². The summed E-state index contributed by atoms with van der Waals surface area (Å²) in [6.45, 7) is 0. The predicted octanol–water partition coefficient (Wildman–Crippen LogP) is 8.56. The van der Waals surface area contributed by atoms with Gasteiger partial charge in [0.2, 0.25) is 0 Å². The molecule has 1 aliphatic rings. The van der Waals surface area contributed by atoms with E-state index in [0.29, 0.717) is 0 Å². The van der Waals surface area contributed by atoms with Gasteiger partial charge in [0.05, 0.1) is 0 Å². The molecule has 0 aromatic heterocycles. The quantitative estimate of drug-likeness (QED) is 0.168. The lowest BCUT2D eigenvalue weighted by Gasteiger charge is -2.17. The van der Waals surface area contributed by atoms with Gasteiger partial charge in [-0.05, 0) is 60.6 Å². The van der Waals surface area contributed by atoms with Crippen LogP contribution in [0.1, 0.15) is 27.0 Å². The van der Waals surface area contributed by atoms with Crippen LogP contribution in [0.4, 0.5) is 0 Å². The maximum Gasteiger partial charge on any atom is 0.193 e. The van der Waals surface area contributed by atoms with Crippen molar-refractivity contribution in [2.45, 2.75) is 6.42 Å². The van der Waals surface area contributed by atoms with Crippen molar-refractivity contribution in [1.82, 2.24) is 0 Å². The third kappa shape index (κ3) is 3.05.